The van der Waals surface area contributed by atoms with Gasteiger partial charge < -0.3 is 56.8 Å². The van der Waals surface area contributed by atoms with Crippen molar-refractivity contribution in [2.45, 2.75) is 25.7 Å². The molecule has 11 nitrogen and oxygen atoms in total. The molecule has 0 unspecified atom stereocenters. The Bertz CT molecular complexity index is 234. The predicted octanol–water partition coefficient (Wildman–Crippen LogP) is -1.36. The van der Waals surface area contributed by atoms with Gasteiger partial charge in [-0.25, -0.2) is 0 Å². The minimum atomic E-state index is 0. The van der Waals surface area contributed by atoms with Crippen LogP contribution in [0.1, 0.15) is 25.7 Å². The molecule has 11 heteroatoms. The largest absolute Gasteiger partial charge is 0.412 e. The van der Waals surface area contributed by atoms with Crippen molar-refractivity contribution in [2.24, 2.45) is 22.9 Å². The summed E-state index contributed by atoms with van der Waals surface area (Å²) in [6, 6.07) is 0. The standard InChI is InChI=1S/2C10H24N2O3.H2O/c2*11-3-1-5-13-7-9-15-10-8-14-6-2-4-12;/h2*1-12H2;1H2. The predicted molar refractivity (Wildman–Crippen MR) is 123 cm³/mol. The molecule has 31 heavy (non-hydrogen) atoms. The first kappa shape index (κ1) is 35.2. The van der Waals surface area contributed by atoms with Gasteiger partial charge in [-0.15, -0.1) is 0 Å². The maximum atomic E-state index is 5.31. The van der Waals surface area contributed by atoms with Crippen LogP contribution in [0, 0.1) is 0 Å². The fraction of sp³-hybridized carbons (Fsp3) is 1.00. The summed E-state index contributed by atoms with van der Waals surface area (Å²) in [5.41, 5.74) is 21.2. The van der Waals surface area contributed by atoms with Crippen molar-refractivity contribution in [2.75, 3.05) is 105 Å². The Kier molecular flexibility index (Phi) is 41.9. The second-order valence-corrected chi connectivity index (χ2v) is 6.24. The van der Waals surface area contributed by atoms with Gasteiger partial charge in [0.25, 0.3) is 0 Å². The molecule has 0 aromatic carbocycles. The first-order chi connectivity index (χ1) is 14.8. The van der Waals surface area contributed by atoms with Crippen LogP contribution in [0.25, 0.3) is 0 Å². The fourth-order valence-corrected chi connectivity index (χ4v) is 1.83. The van der Waals surface area contributed by atoms with Crippen molar-refractivity contribution < 1.29 is 33.9 Å². The minimum absolute atomic E-state index is 0. The van der Waals surface area contributed by atoms with Crippen LogP contribution in [0.15, 0.2) is 0 Å². The van der Waals surface area contributed by atoms with E-state index in [1.165, 1.54) is 0 Å². The van der Waals surface area contributed by atoms with Gasteiger partial charge in [0, 0.05) is 26.4 Å². The van der Waals surface area contributed by atoms with Crippen LogP contribution >= 0.6 is 0 Å². The van der Waals surface area contributed by atoms with Gasteiger partial charge in [0.2, 0.25) is 0 Å². The van der Waals surface area contributed by atoms with E-state index in [9.17, 15) is 0 Å². The molecule has 0 bridgehead atoms. The molecular weight excluding hydrogens is 408 g/mol. The zero-order chi connectivity index (χ0) is 22.4. The quantitative estimate of drug-likeness (QED) is 0.126. The van der Waals surface area contributed by atoms with E-state index in [-0.39, 0.29) is 5.48 Å². The molecule has 0 aliphatic rings. The van der Waals surface area contributed by atoms with Gasteiger partial charge in [-0.05, 0) is 51.9 Å². The van der Waals surface area contributed by atoms with E-state index in [1.54, 1.807) is 0 Å². The van der Waals surface area contributed by atoms with Crippen molar-refractivity contribution in [1.82, 2.24) is 0 Å². The Morgan fingerprint density at radius 3 is 0.613 bits per heavy atom. The van der Waals surface area contributed by atoms with Crippen molar-refractivity contribution >= 4 is 0 Å². The molecule has 0 fully saturated rings. The number of hydrogen-bond acceptors (Lipinski definition) is 10. The summed E-state index contributed by atoms with van der Waals surface area (Å²) in [5, 5.41) is 0. The SMILES string of the molecule is NCCCOCCOCCOCCCN.NCCCOCCOCCOCCCN.O. The van der Waals surface area contributed by atoms with E-state index in [0.29, 0.717) is 105 Å². The van der Waals surface area contributed by atoms with Gasteiger partial charge >= 0.3 is 0 Å². The van der Waals surface area contributed by atoms with Gasteiger partial charge in [0.05, 0.1) is 52.9 Å². The van der Waals surface area contributed by atoms with Crippen LogP contribution in [0.2, 0.25) is 0 Å². The Hall–Kier alpha value is -0.440. The first-order valence-electron chi connectivity index (χ1n) is 11.1. The lowest BCUT2D eigenvalue weighted by Crippen LogP contribution is -2.12. The third kappa shape index (κ3) is 40.4. The molecule has 192 valence electrons. The summed E-state index contributed by atoms with van der Waals surface area (Å²) in [4.78, 5) is 0. The van der Waals surface area contributed by atoms with Crippen LogP contribution < -0.4 is 22.9 Å². The van der Waals surface area contributed by atoms with Crippen molar-refractivity contribution in [3.05, 3.63) is 0 Å². The van der Waals surface area contributed by atoms with Gasteiger partial charge in [-0.3, -0.25) is 0 Å². The molecular formula is C20H50N4O7. The lowest BCUT2D eigenvalue weighted by Gasteiger charge is -2.06. The number of hydrogen-bond donors (Lipinski definition) is 4. The highest BCUT2D eigenvalue weighted by molar-refractivity contribution is 4.39. The van der Waals surface area contributed by atoms with Crippen LogP contribution in [-0.2, 0) is 28.4 Å². The van der Waals surface area contributed by atoms with Gasteiger partial charge in [0.15, 0.2) is 0 Å². The van der Waals surface area contributed by atoms with E-state index in [2.05, 4.69) is 0 Å². The molecule has 0 aliphatic carbocycles. The summed E-state index contributed by atoms with van der Waals surface area (Å²) in [6.07, 6.45) is 3.62. The number of nitrogens with two attached hydrogens (primary N) is 4. The summed E-state index contributed by atoms with van der Waals surface area (Å²) in [7, 11) is 0. The lowest BCUT2D eigenvalue weighted by molar-refractivity contribution is 0.0143. The summed E-state index contributed by atoms with van der Waals surface area (Å²) in [6.45, 7) is 10.5. The normalized spacial score (nSPS) is 10.5. The van der Waals surface area contributed by atoms with E-state index in [0.717, 1.165) is 25.7 Å². The molecule has 0 radical (unpaired) electrons. The second kappa shape index (κ2) is 36.9. The van der Waals surface area contributed by atoms with Crippen LogP contribution in [0.5, 0.6) is 0 Å². The minimum Gasteiger partial charge on any atom is -0.412 e. The summed E-state index contributed by atoms with van der Waals surface area (Å²) < 4.78 is 31.6. The topological polar surface area (TPSA) is 191 Å². The molecule has 0 saturated heterocycles. The molecule has 0 heterocycles. The summed E-state index contributed by atoms with van der Waals surface area (Å²) >= 11 is 0. The maximum absolute atomic E-state index is 5.31. The monoisotopic (exact) mass is 458 g/mol. The van der Waals surface area contributed by atoms with Crippen molar-refractivity contribution in [3.63, 3.8) is 0 Å². The van der Waals surface area contributed by atoms with Crippen LogP contribution in [0.4, 0.5) is 0 Å². The highest BCUT2D eigenvalue weighted by atomic mass is 16.5. The molecule has 10 N–H and O–H groups in total. The zero-order valence-corrected chi connectivity index (χ0v) is 19.4. The van der Waals surface area contributed by atoms with E-state index >= 15 is 0 Å². The van der Waals surface area contributed by atoms with E-state index < -0.39 is 0 Å². The van der Waals surface area contributed by atoms with Crippen molar-refractivity contribution in [1.29, 1.82) is 0 Å². The Morgan fingerprint density at radius 1 is 0.290 bits per heavy atom. The molecule has 0 spiro atoms. The van der Waals surface area contributed by atoms with Crippen molar-refractivity contribution in [3.8, 4) is 0 Å². The molecule has 0 aliphatic heterocycles. The molecule has 0 amide bonds. The Labute approximate surface area is 188 Å². The molecule has 0 aromatic rings. The van der Waals surface area contributed by atoms with Crippen LogP contribution in [-0.4, -0.2) is 111 Å². The third-order valence-corrected chi connectivity index (χ3v) is 3.46. The van der Waals surface area contributed by atoms with Gasteiger partial charge in [-0.2, -0.15) is 0 Å². The summed E-state index contributed by atoms with van der Waals surface area (Å²) in [5.74, 6) is 0. The van der Waals surface area contributed by atoms with E-state index in [4.69, 9.17) is 51.4 Å². The Balaban J connectivity index is -0.000000490. The molecule has 0 saturated carbocycles. The van der Waals surface area contributed by atoms with Gasteiger partial charge in [0.1, 0.15) is 0 Å². The smallest absolute Gasteiger partial charge is 0.0701 e. The zero-order valence-electron chi connectivity index (χ0n) is 19.4. The number of ether oxygens (including phenoxy) is 6. The molecule has 0 rings (SSSR count). The van der Waals surface area contributed by atoms with Gasteiger partial charge in [-0.1, -0.05) is 0 Å². The molecule has 0 aromatic heterocycles. The first-order valence-corrected chi connectivity index (χ1v) is 11.1. The second-order valence-electron chi connectivity index (χ2n) is 6.24. The highest BCUT2D eigenvalue weighted by Gasteiger charge is 1.92. The lowest BCUT2D eigenvalue weighted by atomic mass is 10.5. The average Bonchev–Trinajstić information content (AvgIpc) is 2.76. The highest BCUT2D eigenvalue weighted by Crippen LogP contribution is 1.85. The molecule has 0 atom stereocenters. The maximum Gasteiger partial charge on any atom is 0.0701 e. The van der Waals surface area contributed by atoms with E-state index in [1.807, 2.05) is 0 Å². The number of rotatable bonds is 24. The average molecular weight is 459 g/mol. The van der Waals surface area contributed by atoms with Crippen LogP contribution in [0.3, 0.4) is 0 Å². The fourth-order valence-electron chi connectivity index (χ4n) is 1.83. The third-order valence-electron chi connectivity index (χ3n) is 3.46. The Morgan fingerprint density at radius 2 is 0.452 bits per heavy atom.